The summed E-state index contributed by atoms with van der Waals surface area (Å²) in [5, 5.41) is 9.88. The number of amides is 1. The van der Waals surface area contributed by atoms with Crippen LogP contribution in [-0.2, 0) is 14.8 Å². The Morgan fingerprint density at radius 2 is 1.71 bits per heavy atom. The van der Waals surface area contributed by atoms with Gasteiger partial charge in [-0.3, -0.25) is 4.79 Å². The molecule has 6 nitrogen and oxygen atoms in total. The number of benzene rings is 1. The number of carbonyl (C=O) groups excluding carboxylic acids is 1. The van der Waals surface area contributed by atoms with Crippen molar-refractivity contribution in [2.75, 3.05) is 13.1 Å². The van der Waals surface area contributed by atoms with Crippen LogP contribution in [-0.4, -0.2) is 49.6 Å². The molecule has 0 saturated carbocycles. The predicted molar refractivity (Wildman–Crippen MR) is 91.9 cm³/mol. The Morgan fingerprint density at radius 3 is 2.21 bits per heavy atom. The summed E-state index contributed by atoms with van der Waals surface area (Å²) >= 11 is 0. The highest BCUT2D eigenvalue weighted by atomic mass is 32.2. The molecule has 1 aliphatic heterocycles. The van der Waals surface area contributed by atoms with E-state index in [0.717, 1.165) is 18.4 Å². The van der Waals surface area contributed by atoms with E-state index < -0.39 is 28.1 Å². The molecular formula is C17H26N2O4S. The normalized spacial score (nSPS) is 19.1. The predicted octanol–water partition coefficient (Wildman–Crippen LogP) is 1.28. The van der Waals surface area contributed by atoms with Gasteiger partial charge in [0.25, 0.3) is 0 Å². The molecule has 1 fully saturated rings. The molecule has 1 saturated heterocycles. The van der Waals surface area contributed by atoms with Crippen LogP contribution in [0.4, 0.5) is 0 Å². The number of nitrogens with one attached hydrogen (secondary N) is 1. The number of likely N-dealkylation sites (tertiary alicyclic amines) is 1. The maximum absolute atomic E-state index is 12.7. The molecule has 24 heavy (non-hydrogen) atoms. The second-order valence-corrected chi connectivity index (χ2v) is 8.26. The van der Waals surface area contributed by atoms with E-state index in [1.807, 2.05) is 6.92 Å². The molecule has 0 bridgehead atoms. The van der Waals surface area contributed by atoms with E-state index in [-0.39, 0.29) is 10.8 Å². The molecule has 1 aromatic carbocycles. The zero-order chi connectivity index (χ0) is 17.9. The third-order valence-corrected chi connectivity index (χ3v) is 6.04. The maximum atomic E-state index is 12.7. The third kappa shape index (κ3) is 4.34. The van der Waals surface area contributed by atoms with E-state index in [1.165, 1.54) is 12.1 Å². The van der Waals surface area contributed by atoms with Crippen molar-refractivity contribution in [1.29, 1.82) is 0 Å². The van der Waals surface area contributed by atoms with Crippen LogP contribution in [0, 0.1) is 12.8 Å². The van der Waals surface area contributed by atoms with Gasteiger partial charge in [0.1, 0.15) is 6.04 Å². The molecule has 0 spiro atoms. The van der Waals surface area contributed by atoms with E-state index in [0.29, 0.717) is 13.1 Å². The second kappa shape index (κ2) is 7.63. The fourth-order valence-electron chi connectivity index (χ4n) is 2.75. The van der Waals surface area contributed by atoms with Gasteiger partial charge in [-0.25, -0.2) is 8.42 Å². The van der Waals surface area contributed by atoms with Crippen LogP contribution in [0.5, 0.6) is 0 Å². The molecule has 1 heterocycles. The second-order valence-electron chi connectivity index (χ2n) is 6.54. The number of sulfonamides is 1. The smallest absolute Gasteiger partial charge is 0.241 e. The number of hydrogen-bond acceptors (Lipinski definition) is 4. The molecule has 1 amide bonds. The Morgan fingerprint density at radius 1 is 1.17 bits per heavy atom. The average molecular weight is 354 g/mol. The summed E-state index contributed by atoms with van der Waals surface area (Å²) in [5.74, 6) is -0.796. The van der Waals surface area contributed by atoms with Gasteiger partial charge in [0, 0.05) is 19.0 Å². The SMILES string of the molecule is Cc1ccc(S(=O)(=O)N[C@H](C(=O)N2CCCC2)[C@@H](C)[C@H](C)O)cc1. The van der Waals surface area contributed by atoms with Crippen LogP contribution < -0.4 is 4.72 Å². The van der Waals surface area contributed by atoms with Crippen molar-refractivity contribution < 1.29 is 18.3 Å². The number of aryl methyl sites for hydroxylation is 1. The van der Waals surface area contributed by atoms with E-state index in [9.17, 15) is 18.3 Å². The van der Waals surface area contributed by atoms with Gasteiger partial charge >= 0.3 is 0 Å². The van der Waals surface area contributed by atoms with Crippen molar-refractivity contribution in [3.8, 4) is 0 Å². The molecule has 0 aliphatic carbocycles. The molecule has 2 rings (SSSR count). The van der Waals surface area contributed by atoms with Gasteiger partial charge < -0.3 is 10.0 Å². The summed E-state index contributed by atoms with van der Waals surface area (Å²) in [6.45, 7) is 6.39. The van der Waals surface area contributed by atoms with Crippen molar-refractivity contribution in [3.63, 3.8) is 0 Å². The highest BCUT2D eigenvalue weighted by Gasteiger charge is 2.36. The Kier molecular flexibility index (Phi) is 6.01. The number of aliphatic hydroxyl groups excluding tert-OH is 1. The Balaban J connectivity index is 2.26. The maximum Gasteiger partial charge on any atom is 0.241 e. The first-order chi connectivity index (χ1) is 11.2. The van der Waals surface area contributed by atoms with E-state index >= 15 is 0 Å². The summed E-state index contributed by atoms with van der Waals surface area (Å²) in [6.07, 6.45) is 1.04. The van der Waals surface area contributed by atoms with Gasteiger partial charge in [-0.15, -0.1) is 0 Å². The number of rotatable bonds is 6. The topological polar surface area (TPSA) is 86.7 Å². The van der Waals surface area contributed by atoms with Gasteiger partial charge in [-0.2, -0.15) is 4.72 Å². The highest BCUT2D eigenvalue weighted by Crippen LogP contribution is 2.19. The lowest BCUT2D eigenvalue weighted by molar-refractivity contribution is -0.134. The third-order valence-electron chi connectivity index (χ3n) is 4.58. The van der Waals surface area contributed by atoms with Crippen LogP contribution in [0.2, 0.25) is 0 Å². The molecule has 2 N–H and O–H groups in total. The lowest BCUT2D eigenvalue weighted by Crippen LogP contribution is -2.53. The summed E-state index contributed by atoms with van der Waals surface area (Å²) in [5.41, 5.74) is 0.955. The monoisotopic (exact) mass is 354 g/mol. The number of hydrogen-bond donors (Lipinski definition) is 2. The average Bonchev–Trinajstić information content (AvgIpc) is 3.06. The van der Waals surface area contributed by atoms with Gasteiger partial charge in [-0.1, -0.05) is 24.6 Å². The minimum Gasteiger partial charge on any atom is -0.393 e. The molecule has 3 atom stereocenters. The highest BCUT2D eigenvalue weighted by molar-refractivity contribution is 7.89. The van der Waals surface area contributed by atoms with Crippen molar-refractivity contribution >= 4 is 15.9 Å². The van der Waals surface area contributed by atoms with Crippen LogP contribution in [0.15, 0.2) is 29.2 Å². The molecule has 1 aromatic rings. The molecule has 0 aromatic heterocycles. The van der Waals surface area contributed by atoms with Gasteiger partial charge in [0.2, 0.25) is 15.9 Å². The largest absolute Gasteiger partial charge is 0.393 e. The van der Waals surface area contributed by atoms with Crippen molar-refractivity contribution in [2.45, 2.75) is 50.7 Å². The zero-order valence-electron chi connectivity index (χ0n) is 14.4. The molecule has 0 unspecified atom stereocenters. The number of carbonyl (C=O) groups is 1. The Labute approximate surface area is 143 Å². The Bertz CT molecular complexity index is 664. The first-order valence-electron chi connectivity index (χ1n) is 8.28. The van der Waals surface area contributed by atoms with Crippen LogP contribution in [0.1, 0.15) is 32.3 Å². The zero-order valence-corrected chi connectivity index (χ0v) is 15.2. The molecule has 7 heteroatoms. The van der Waals surface area contributed by atoms with E-state index in [4.69, 9.17) is 0 Å². The molecule has 1 aliphatic rings. The quantitative estimate of drug-likeness (QED) is 0.806. The number of aliphatic hydroxyl groups is 1. The summed E-state index contributed by atoms with van der Waals surface area (Å²) in [4.78, 5) is 14.5. The minimum absolute atomic E-state index is 0.116. The fraction of sp³-hybridized carbons (Fsp3) is 0.588. The number of nitrogens with zero attached hydrogens (tertiary/aromatic N) is 1. The van der Waals surface area contributed by atoms with Crippen molar-refractivity contribution in [2.24, 2.45) is 5.92 Å². The first-order valence-corrected chi connectivity index (χ1v) is 9.76. The minimum atomic E-state index is -3.84. The van der Waals surface area contributed by atoms with Crippen LogP contribution in [0.3, 0.4) is 0 Å². The van der Waals surface area contributed by atoms with Gasteiger partial charge in [0.05, 0.1) is 11.0 Å². The van der Waals surface area contributed by atoms with Crippen molar-refractivity contribution in [1.82, 2.24) is 9.62 Å². The lowest BCUT2D eigenvalue weighted by Gasteiger charge is -2.29. The van der Waals surface area contributed by atoms with Crippen molar-refractivity contribution in [3.05, 3.63) is 29.8 Å². The lowest BCUT2D eigenvalue weighted by atomic mass is 9.96. The van der Waals surface area contributed by atoms with Gasteiger partial charge in [0.15, 0.2) is 0 Å². The van der Waals surface area contributed by atoms with E-state index in [1.54, 1.807) is 30.9 Å². The van der Waals surface area contributed by atoms with Crippen LogP contribution in [0.25, 0.3) is 0 Å². The standard InChI is InChI=1S/C17H26N2O4S/c1-12-6-8-15(9-7-12)24(22,23)18-16(13(2)14(3)20)17(21)19-10-4-5-11-19/h6-9,13-14,16,18,20H,4-5,10-11H2,1-3H3/t13-,14-,16-/m0/s1. The summed E-state index contributed by atoms with van der Waals surface area (Å²) in [7, 11) is -3.84. The summed E-state index contributed by atoms with van der Waals surface area (Å²) in [6, 6.07) is 5.48. The molecule has 0 radical (unpaired) electrons. The van der Waals surface area contributed by atoms with Gasteiger partial charge in [-0.05, 0) is 38.8 Å². The van der Waals surface area contributed by atoms with E-state index in [2.05, 4.69) is 4.72 Å². The summed E-state index contributed by atoms with van der Waals surface area (Å²) < 4.78 is 27.8. The van der Waals surface area contributed by atoms with Crippen LogP contribution >= 0.6 is 0 Å². The Hall–Kier alpha value is -1.44. The molecule has 134 valence electrons. The first kappa shape index (κ1) is 18.9. The molecular weight excluding hydrogens is 328 g/mol. The fourth-order valence-corrected chi connectivity index (χ4v) is 4.03.